The van der Waals surface area contributed by atoms with Gasteiger partial charge in [-0.15, -0.1) is 0 Å². The molecule has 2 fully saturated rings. The van der Waals surface area contributed by atoms with E-state index in [4.69, 9.17) is 11.5 Å². The molecule has 0 aromatic carbocycles. The molecule has 1 saturated heterocycles. The van der Waals surface area contributed by atoms with Crippen molar-refractivity contribution in [1.82, 2.24) is 15.0 Å². The predicted octanol–water partition coefficient (Wildman–Crippen LogP) is 3.97. The number of hydrogen-bond donors (Lipinski definition) is 2. The first-order chi connectivity index (χ1) is 14.2. The van der Waals surface area contributed by atoms with E-state index >= 15 is 0 Å². The van der Waals surface area contributed by atoms with E-state index in [0.29, 0.717) is 11.7 Å². The molecule has 30 heavy (non-hydrogen) atoms. The molecule has 0 bridgehead atoms. The van der Waals surface area contributed by atoms with Gasteiger partial charge in [-0.3, -0.25) is 4.98 Å². The number of nitrogens with zero attached hydrogens (tertiary/aromatic N) is 4. The first-order valence-corrected chi connectivity index (χ1v) is 10.8. The van der Waals surface area contributed by atoms with Crippen molar-refractivity contribution in [1.29, 1.82) is 0 Å². The van der Waals surface area contributed by atoms with Crippen LogP contribution in [0, 0.1) is 11.3 Å². The van der Waals surface area contributed by atoms with Gasteiger partial charge in [-0.25, -0.2) is 9.97 Å². The van der Waals surface area contributed by atoms with Gasteiger partial charge in [0.25, 0.3) is 0 Å². The summed E-state index contributed by atoms with van der Waals surface area (Å²) in [6, 6.07) is 3.05. The smallest absolute Gasteiger partial charge is 0.381 e. The minimum atomic E-state index is -4.55. The number of halogens is 3. The number of hydrogen-bond acceptors (Lipinski definition) is 7. The first kappa shape index (κ1) is 21.2. The molecule has 6 nitrogen and oxygen atoms in total. The molecule has 0 radical (unpaired) electrons. The quantitative estimate of drug-likeness (QED) is 0.749. The van der Waals surface area contributed by atoms with Gasteiger partial charge in [-0.1, -0.05) is 18.7 Å². The molecule has 0 amide bonds. The topological polar surface area (TPSA) is 94.0 Å². The highest BCUT2D eigenvalue weighted by molar-refractivity contribution is 7.99. The lowest BCUT2D eigenvalue weighted by molar-refractivity contribution is -0.143. The maximum atomic E-state index is 13.2. The van der Waals surface area contributed by atoms with Gasteiger partial charge in [0.2, 0.25) is 0 Å². The van der Waals surface area contributed by atoms with Gasteiger partial charge >= 0.3 is 6.18 Å². The molecule has 4 rings (SSSR count). The lowest BCUT2D eigenvalue weighted by Gasteiger charge is -2.42. The van der Waals surface area contributed by atoms with E-state index in [1.54, 1.807) is 6.20 Å². The molecule has 2 atom stereocenters. The van der Waals surface area contributed by atoms with Gasteiger partial charge < -0.3 is 16.4 Å². The van der Waals surface area contributed by atoms with Gasteiger partial charge in [0.15, 0.2) is 11.5 Å². The van der Waals surface area contributed by atoms with Crippen LogP contribution in [0.3, 0.4) is 0 Å². The van der Waals surface area contributed by atoms with Crippen LogP contribution in [0.4, 0.5) is 24.8 Å². The third-order valence-corrected chi connectivity index (χ3v) is 7.34. The minimum Gasteiger partial charge on any atom is -0.381 e. The molecule has 2 aromatic heterocycles. The Labute approximate surface area is 177 Å². The molecule has 0 unspecified atom stereocenters. The Morgan fingerprint density at radius 1 is 1.23 bits per heavy atom. The van der Waals surface area contributed by atoms with Gasteiger partial charge in [-0.05, 0) is 49.1 Å². The fourth-order valence-corrected chi connectivity index (χ4v) is 5.65. The lowest BCUT2D eigenvalue weighted by atomic mass is 9.74. The zero-order chi connectivity index (χ0) is 21.5. The second-order valence-electron chi connectivity index (χ2n) is 8.37. The standard InChI is InChI=1S/C20H25F3N6S/c1-12-9-14(24)19(10-12)4-7-29(8-5-19)15-11-27-18(17(25)28-15)30-13-3-2-6-26-16(13)20(21,22)23/h2-3,6,11-12,14H,4-5,7-10,24H2,1H3,(H2,25,28)/t12-,14+/m0/s1. The normalized spacial score (nSPS) is 23.8. The number of pyridine rings is 1. The highest BCUT2D eigenvalue weighted by Gasteiger charge is 2.45. The predicted molar refractivity (Wildman–Crippen MR) is 110 cm³/mol. The fraction of sp³-hybridized carbons (Fsp3) is 0.550. The molecule has 2 aromatic rings. The highest BCUT2D eigenvalue weighted by Crippen LogP contribution is 2.48. The van der Waals surface area contributed by atoms with Crippen LogP contribution in [0.15, 0.2) is 34.4 Å². The van der Waals surface area contributed by atoms with Crippen molar-refractivity contribution in [3.8, 4) is 0 Å². The second-order valence-corrected chi connectivity index (χ2v) is 9.40. The summed E-state index contributed by atoms with van der Waals surface area (Å²) in [5.74, 6) is 1.42. The maximum absolute atomic E-state index is 13.2. The van der Waals surface area contributed by atoms with Crippen molar-refractivity contribution >= 4 is 23.4 Å². The minimum absolute atomic E-state index is 0.0528. The van der Waals surface area contributed by atoms with Crippen LogP contribution in [0.5, 0.6) is 0 Å². The zero-order valence-corrected chi connectivity index (χ0v) is 17.5. The number of nitrogens with two attached hydrogens (primary N) is 2. The highest BCUT2D eigenvalue weighted by atomic mass is 32.2. The van der Waals surface area contributed by atoms with Gasteiger partial charge in [-0.2, -0.15) is 13.2 Å². The number of piperidine rings is 1. The van der Waals surface area contributed by atoms with Crippen molar-refractivity contribution in [2.45, 2.75) is 54.7 Å². The van der Waals surface area contributed by atoms with E-state index in [-0.39, 0.29) is 27.2 Å². The van der Waals surface area contributed by atoms with E-state index in [0.717, 1.165) is 56.7 Å². The molecule has 1 aliphatic carbocycles. The van der Waals surface area contributed by atoms with Crippen LogP contribution in [-0.4, -0.2) is 34.1 Å². The molecule has 3 heterocycles. The maximum Gasteiger partial charge on any atom is 0.434 e. The Morgan fingerprint density at radius 2 is 1.97 bits per heavy atom. The van der Waals surface area contributed by atoms with Crippen LogP contribution in [0.2, 0.25) is 0 Å². The van der Waals surface area contributed by atoms with Crippen molar-refractivity contribution in [3.63, 3.8) is 0 Å². The monoisotopic (exact) mass is 438 g/mol. The molecule has 1 aliphatic heterocycles. The van der Waals surface area contributed by atoms with Crippen molar-refractivity contribution < 1.29 is 13.2 Å². The van der Waals surface area contributed by atoms with Crippen LogP contribution in [0.25, 0.3) is 0 Å². The first-order valence-electron chi connectivity index (χ1n) is 10.0. The SMILES string of the molecule is C[C@H]1C[C@@H](N)C2(CCN(c3cnc(Sc4cccnc4C(F)(F)F)c(N)n3)CC2)C1. The third-order valence-electron chi connectivity index (χ3n) is 6.28. The molecular formula is C20H25F3N6S. The Kier molecular flexibility index (Phi) is 5.56. The van der Waals surface area contributed by atoms with Crippen LogP contribution >= 0.6 is 11.8 Å². The Bertz CT molecular complexity index is 914. The molecule has 10 heteroatoms. The average molecular weight is 439 g/mol. The van der Waals surface area contributed by atoms with Crippen LogP contribution < -0.4 is 16.4 Å². The van der Waals surface area contributed by atoms with Crippen molar-refractivity contribution in [3.05, 3.63) is 30.2 Å². The Balaban J connectivity index is 1.48. The summed E-state index contributed by atoms with van der Waals surface area (Å²) in [7, 11) is 0. The molecule has 1 spiro atoms. The summed E-state index contributed by atoms with van der Waals surface area (Å²) in [6.07, 6.45) is 2.39. The number of aromatic nitrogens is 3. The molecule has 2 aliphatic rings. The molecular weight excluding hydrogens is 413 g/mol. The molecule has 162 valence electrons. The second kappa shape index (κ2) is 7.88. The summed E-state index contributed by atoms with van der Waals surface area (Å²) in [6.45, 7) is 3.90. The van der Waals surface area contributed by atoms with E-state index in [1.165, 1.54) is 12.1 Å². The summed E-state index contributed by atoms with van der Waals surface area (Å²) in [5, 5.41) is 0.234. The summed E-state index contributed by atoms with van der Waals surface area (Å²) >= 11 is 0.823. The van der Waals surface area contributed by atoms with E-state index in [1.807, 2.05) is 0 Å². The van der Waals surface area contributed by atoms with Gasteiger partial charge in [0.05, 0.1) is 6.20 Å². The number of anilines is 2. The largest absolute Gasteiger partial charge is 0.434 e. The summed E-state index contributed by atoms with van der Waals surface area (Å²) in [4.78, 5) is 14.3. The van der Waals surface area contributed by atoms with E-state index in [2.05, 4.69) is 26.8 Å². The zero-order valence-electron chi connectivity index (χ0n) is 16.7. The number of nitrogen functional groups attached to an aromatic ring is 1. The van der Waals surface area contributed by atoms with E-state index < -0.39 is 11.9 Å². The van der Waals surface area contributed by atoms with Crippen molar-refractivity contribution in [2.75, 3.05) is 23.7 Å². The van der Waals surface area contributed by atoms with Crippen LogP contribution in [-0.2, 0) is 6.18 Å². The number of alkyl halides is 3. The fourth-order valence-electron chi connectivity index (χ4n) is 4.77. The third kappa shape index (κ3) is 4.07. The summed E-state index contributed by atoms with van der Waals surface area (Å²) in [5.41, 5.74) is 11.7. The average Bonchev–Trinajstić information content (AvgIpc) is 2.96. The van der Waals surface area contributed by atoms with E-state index in [9.17, 15) is 13.2 Å². The number of rotatable bonds is 3. The Morgan fingerprint density at radius 3 is 2.57 bits per heavy atom. The summed E-state index contributed by atoms with van der Waals surface area (Å²) < 4.78 is 39.5. The molecule has 1 saturated carbocycles. The van der Waals surface area contributed by atoms with Gasteiger partial charge in [0.1, 0.15) is 10.8 Å². The molecule has 4 N–H and O–H groups in total. The van der Waals surface area contributed by atoms with Crippen molar-refractivity contribution in [2.24, 2.45) is 17.1 Å². The van der Waals surface area contributed by atoms with Crippen LogP contribution in [0.1, 0.15) is 38.3 Å². The van der Waals surface area contributed by atoms with Gasteiger partial charge in [0, 0.05) is 30.2 Å². The Hall–Kier alpha value is -2.07. The lowest BCUT2D eigenvalue weighted by Crippen LogP contribution is -2.47.